The highest BCUT2D eigenvalue weighted by molar-refractivity contribution is 6.31. The first-order valence-corrected chi connectivity index (χ1v) is 9.11. The number of aromatic nitrogens is 2. The van der Waals surface area contributed by atoms with Gasteiger partial charge in [0, 0.05) is 31.1 Å². The summed E-state index contributed by atoms with van der Waals surface area (Å²) in [6, 6.07) is 16.6. The first-order chi connectivity index (χ1) is 12.2. The number of halogens is 1. The van der Waals surface area contributed by atoms with Gasteiger partial charge in [0.2, 0.25) is 0 Å². The van der Waals surface area contributed by atoms with Crippen molar-refractivity contribution in [3.63, 3.8) is 0 Å². The number of imidazole rings is 1. The molecular formula is C20H23ClN4. The zero-order valence-corrected chi connectivity index (χ0v) is 15.2. The summed E-state index contributed by atoms with van der Waals surface area (Å²) >= 11 is 6.10. The largest absolute Gasteiger partial charge is 0.330 e. The normalized spacial score (nSPS) is 21.2. The lowest BCUT2D eigenvalue weighted by atomic mass is 9.89. The average Bonchev–Trinajstić information content (AvgIpc) is 3.17. The van der Waals surface area contributed by atoms with E-state index in [2.05, 4.69) is 46.8 Å². The molecule has 4 nitrogen and oxygen atoms in total. The lowest BCUT2D eigenvalue weighted by Crippen LogP contribution is -2.24. The summed E-state index contributed by atoms with van der Waals surface area (Å²) in [4.78, 5) is 7.26. The number of hydrogen-bond acceptors (Lipinski definition) is 3. The molecule has 2 atom stereocenters. The van der Waals surface area contributed by atoms with Crippen molar-refractivity contribution in [2.45, 2.75) is 12.5 Å². The van der Waals surface area contributed by atoms with E-state index in [0.717, 1.165) is 41.5 Å². The highest BCUT2D eigenvalue weighted by atomic mass is 35.5. The van der Waals surface area contributed by atoms with Crippen molar-refractivity contribution in [3.8, 4) is 0 Å². The first kappa shape index (κ1) is 16.6. The smallest absolute Gasteiger partial charge is 0.123 e. The summed E-state index contributed by atoms with van der Waals surface area (Å²) in [5.41, 5.74) is 9.53. The van der Waals surface area contributed by atoms with Crippen molar-refractivity contribution >= 4 is 22.6 Å². The Hall–Kier alpha value is -1.88. The van der Waals surface area contributed by atoms with Crippen molar-refractivity contribution in [2.75, 3.05) is 19.6 Å². The van der Waals surface area contributed by atoms with E-state index in [4.69, 9.17) is 22.3 Å². The maximum absolute atomic E-state index is 6.10. The third-order valence-corrected chi connectivity index (χ3v) is 5.58. The quantitative estimate of drug-likeness (QED) is 0.781. The maximum atomic E-state index is 6.10. The summed E-state index contributed by atoms with van der Waals surface area (Å²) in [6.07, 6.45) is 0. The van der Waals surface area contributed by atoms with Crippen LogP contribution in [0.4, 0.5) is 0 Å². The molecular weight excluding hydrogens is 332 g/mol. The van der Waals surface area contributed by atoms with E-state index in [0.29, 0.717) is 18.4 Å². The number of likely N-dealkylation sites (tertiary alicyclic amines) is 1. The van der Waals surface area contributed by atoms with Crippen LogP contribution in [-0.2, 0) is 13.6 Å². The number of nitrogens with zero attached hydrogens (tertiary/aromatic N) is 3. The highest BCUT2D eigenvalue weighted by Crippen LogP contribution is 2.33. The Morgan fingerprint density at radius 3 is 2.72 bits per heavy atom. The third kappa shape index (κ3) is 3.17. The minimum absolute atomic E-state index is 0.492. The standard InChI is InChI=1S/C20H23ClN4/c1-24-19-8-7-16(21)9-18(19)23-20(24)13-25-11-15(10-22)17(12-25)14-5-3-2-4-6-14/h2-9,15,17H,10-13,22H2,1H3/t15-,17+/m1/s1. The summed E-state index contributed by atoms with van der Waals surface area (Å²) in [5, 5.41) is 0.727. The lowest BCUT2D eigenvalue weighted by Gasteiger charge is -2.16. The van der Waals surface area contributed by atoms with Gasteiger partial charge in [-0.05, 0) is 36.2 Å². The van der Waals surface area contributed by atoms with Crippen LogP contribution in [0.5, 0.6) is 0 Å². The molecule has 1 aliphatic rings. The van der Waals surface area contributed by atoms with E-state index in [1.807, 2.05) is 18.2 Å². The molecule has 25 heavy (non-hydrogen) atoms. The number of aryl methyl sites for hydroxylation is 1. The first-order valence-electron chi connectivity index (χ1n) is 8.74. The monoisotopic (exact) mass is 354 g/mol. The van der Waals surface area contributed by atoms with Crippen LogP contribution in [0.15, 0.2) is 48.5 Å². The van der Waals surface area contributed by atoms with Crippen LogP contribution in [0.2, 0.25) is 5.02 Å². The summed E-state index contributed by atoms with van der Waals surface area (Å²) < 4.78 is 2.17. The molecule has 0 bridgehead atoms. The van der Waals surface area contributed by atoms with Crippen LogP contribution in [0.3, 0.4) is 0 Å². The molecule has 130 valence electrons. The van der Waals surface area contributed by atoms with E-state index in [1.165, 1.54) is 5.56 Å². The van der Waals surface area contributed by atoms with Crippen LogP contribution in [0, 0.1) is 5.92 Å². The molecule has 0 aliphatic carbocycles. The molecule has 0 radical (unpaired) electrons. The van der Waals surface area contributed by atoms with E-state index in [9.17, 15) is 0 Å². The average molecular weight is 355 g/mol. The Labute approximate surface area is 153 Å². The summed E-state index contributed by atoms with van der Waals surface area (Å²) in [5.74, 6) is 2.06. The topological polar surface area (TPSA) is 47.1 Å². The molecule has 2 aromatic carbocycles. The fraction of sp³-hybridized carbons (Fsp3) is 0.350. The predicted octanol–water partition coefficient (Wildman–Crippen LogP) is 3.40. The van der Waals surface area contributed by atoms with Crippen LogP contribution < -0.4 is 5.73 Å². The van der Waals surface area contributed by atoms with E-state index >= 15 is 0 Å². The van der Waals surface area contributed by atoms with Crippen LogP contribution in [-0.4, -0.2) is 34.1 Å². The van der Waals surface area contributed by atoms with Gasteiger partial charge in [-0.25, -0.2) is 4.98 Å². The number of fused-ring (bicyclic) bond motifs is 1. The van der Waals surface area contributed by atoms with Gasteiger partial charge in [-0.1, -0.05) is 41.9 Å². The van der Waals surface area contributed by atoms with Gasteiger partial charge in [0.05, 0.1) is 17.6 Å². The Kier molecular flexibility index (Phi) is 4.50. The predicted molar refractivity (Wildman–Crippen MR) is 103 cm³/mol. The molecule has 1 aliphatic heterocycles. The fourth-order valence-corrected chi connectivity index (χ4v) is 4.14. The zero-order chi connectivity index (χ0) is 17.4. The highest BCUT2D eigenvalue weighted by Gasteiger charge is 2.33. The van der Waals surface area contributed by atoms with Gasteiger partial charge < -0.3 is 10.3 Å². The van der Waals surface area contributed by atoms with Crippen molar-refractivity contribution in [1.29, 1.82) is 0 Å². The van der Waals surface area contributed by atoms with Crippen LogP contribution in [0.25, 0.3) is 11.0 Å². The molecule has 0 spiro atoms. The number of benzene rings is 2. The van der Waals surface area contributed by atoms with Gasteiger partial charge in [0.25, 0.3) is 0 Å². The summed E-state index contributed by atoms with van der Waals surface area (Å²) in [6.45, 7) is 3.59. The van der Waals surface area contributed by atoms with Gasteiger partial charge in [0.1, 0.15) is 5.82 Å². The van der Waals surface area contributed by atoms with Crippen molar-refractivity contribution in [3.05, 3.63) is 64.9 Å². The molecule has 2 N–H and O–H groups in total. The molecule has 0 amide bonds. The van der Waals surface area contributed by atoms with E-state index in [-0.39, 0.29) is 0 Å². The number of nitrogens with two attached hydrogens (primary N) is 1. The fourth-order valence-electron chi connectivity index (χ4n) is 3.97. The second-order valence-electron chi connectivity index (χ2n) is 6.93. The Bertz CT molecular complexity index is 874. The zero-order valence-electron chi connectivity index (χ0n) is 14.4. The number of hydrogen-bond donors (Lipinski definition) is 1. The molecule has 1 fully saturated rings. The molecule has 0 unspecified atom stereocenters. The Balaban J connectivity index is 1.56. The SMILES string of the molecule is Cn1c(CN2C[C@@H](CN)[C@H](c3ccccc3)C2)nc2cc(Cl)ccc21. The van der Waals surface area contributed by atoms with Crippen molar-refractivity contribution in [1.82, 2.24) is 14.5 Å². The lowest BCUT2D eigenvalue weighted by molar-refractivity contribution is 0.306. The van der Waals surface area contributed by atoms with Crippen LogP contribution >= 0.6 is 11.6 Å². The van der Waals surface area contributed by atoms with Gasteiger partial charge in [0.15, 0.2) is 0 Å². The van der Waals surface area contributed by atoms with E-state index < -0.39 is 0 Å². The minimum Gasteiger partial charge on any atom is -0.330 e. The van der Waals surface area contributed by atoms with Gasteiger partial charge in [-0.3, -0.25) is 4.90 Å². The molecule has 1 saturated heterocycles. The van der Waals surface area contributed by atoms with Gasteiger partial charge in [-0.15, -0.1) is 0 Å². The van der Waals surface area contributed by atoms with E-state index in [1.54, 1.807) is 0 Å². The van der Waals surface area contributed by atoms with Gasteiger partial charge in [-0.2, -0.15) is 0 Å². The second kappa shape index (κ2) is 6.79. The van der Waals surface area contributed by atoms with Crippen LogP contribution in [0.1, 0.15) is 17.3 Å². The molecule has 0 saturated carbocycles. The molecule has 2 heterocycles. The van der Waals surface area contributed by atoms with Crippen molar-refractivity contribution < 1.29 is 0 Å². The minimum atomic E-state index is 0.492. The molecule has 3 aromatic rings. The summed E-state index contributed by atoms with van der Waals surface area (Å²) in [7, 11) is 2.07. The van der Waals surface area contributed by atoms with Crippen molar-refractivity contribution in [2.24, 2.45) is 18.7 Å². The third-order valence-electron chi connectivity index (χ3n) is 5.35. The Morgan fingerprint density at radius 1 is 1.16 bits per heavy atom. The number of rotatable bonds is 4. The maximum Gasteiger partial charge on any atom is 0.123 e. The molecule has 5 heteroatoms. The molecule has 4 rings (SSSR count). The molecule has 1 aromatic heterocycles. The van der Waals surface area contributed by atoms with Gasteiger partial charge >= 0.3 is 0 Å². The Morgan fingerprint density at radius 2 is 1.96 bits per heavy atom. The second-order valence-corrected chi connectivity index (χ2v) is 7.36.